The molecule has 0 aliphatic carbocycles. The highest BCUT2D eigenvalue weighted by Gasteiger charge is 2.26. The third-order valence-electron chi connectivity index (χ3n) is 5.66. The lowest BCUT2D eigenvalue weighted by molar-refractivity contribution is 0.0985. The van der Waals surface area contributed by atoms with Crippen molar-refractivity contribution < 1.29 is 28.5 Å². The molecule has 1 aliphatic rings. The maximum atomic E-state index is 14.0. The summed E-state index contributed by atoms with van der Waals surface area (Å²) in [5.74, 6) is 2.67. The molecule has 38 heavy (non-hydrogen) atoms. The number of halogens is 1. The van der Waals surface area contributed by atoms with Crippen molar-refractivity contribution in [3.8, 4) is 28.7 Å². The van der Waals surface area contributed by atoms with Crippen molar-refractivity contribution in [1.29, 1.82) is 0 Å². The van der Waals surface area contributed by atoms with Gasteiger partial charge < -0.3 is 28.6 Å². The van der Waals surface area contributed by atoms with Gasteiger partial charge in [-0.3, -0.25) is 9.69 Å². The van der Waals surface area contributed by atoms with Gasteiger partial charge in [-0.15, -0.1) is 12.4 Å². The first-order valence-electron chi connectivity index (χ1n) is 12.7. The molecule has 2 aromatic carbocycles. The molecular weight excluding hydrogens is 530 g/mol. The van der Waals surface area contributed by atoms with E-state index in [0.29, 0.717) is 79.0 Å². The topological polar surface area (TPSA) is 82.6 Å². The Morgan fingerprint density at radius 3 is 2.11 bits per heavy atom. The van der Waals surface area contributed by atoms with Crippen LogP contribution in [0.3, 0.4) is 0 Å². The molecule has 1 aromatic heterocycles. The molecular formula is C27H36ClN3O6S. The molecule has 3 aromatic rings. The van der Waals surface area contributed by atoms with Gasteiger partial charge in [0.05, 0.1) is 30.0 Å². The SMILES string of the molecule is CCOc1cc(C(=O)N(CCCN(C)C)c2nc3cc4c(cc3s2)OCCO4)cc(OCC)c1OCC.Cl. The van der Waals surface area contributed by atoms with E-state index in [1.54, 1.807) is 17.0 Å². The van der Waals surface area contributed by atoms with Gasteiger partial charge in [0.1, 0.15) is 13.2 Å². The fraction of sp³-hybridized carbons (Fsp3) is 0.481. The van der Waals surface area contributed by atoms with E-state index in [1.807, 2.05) is 47.0 Å². The summed E-state index contributed by atoms with van der Waals surface area (Å²) in [6.07, 6.45) is 0.783. The number of rotatable bonds is 12. The molecule has 0 N–H and O–H groups in total. The molecule has 2 heterocycles. The number of hydrogen-bond acceptors (Lipinski definition) is 9. The van der Waals surface area contributed by atoms with Gasteiger partial charge in [0.25, 0.3) is 5.91 Å². The van der Waals surface area contributed by atoms with Crippen molar-refractivity contribution in [2.24, 2.45) is 0 Å². The molecule has 11 heteroatoms. The summed E-state index contributed by atoms with van der Waals surface area (Å²) >= 11 is 1.46. The molecule has 0 bridgehead atoms. The van der Waals surface area contributed by atoms with E-state index in [2.05, 4.69) is 4.90 Å². The molecule has 0 atom stereocenters. The van der Waals surface area contributed by atoms with Gasteiger partial charge in [-0.1, -0.05) is 11.3 Å². The van der Waals surface area contributed by atoms with E-state index in [1.165, 1.54) is 11.3 Å². The van der Waals surface area contributed by atoms with Crippen LogP contribution in [-0.2, 0) is 0 Å². The number of thiazole rings is 1. The van der Waals surface area contributed by atoms with Crippen LogP contribution in [0.15, 0.2) is 24.3 Å². The number of nitrogens with zero attached hydrogens (tertiary/aromatic N) is 3. The first-order valence-corrected chi connectivity index (χ1v) is 13.5. The Kier molecular flexibility index (Phi) is 10.7. The van der Waals surface area contributed by atoms with Crippen molar-refractivity contribution in [2.75, 3.05) is 65.1 Å². The molecule has 0 saturated heterocycles. The Labute approximate surface area is 234 Å². The van der Waals surface area contributed by atoms with Crippen LogP contribution < -0.4 is 28.6 Å². The molecule has 208 valence electrons. The lowest BCUT2D eigenvalue weighted by Gasteiger charge is -2.22. The molecule has 0 radical (unpaired) electrons. The second kappa shape index (κ2) is 13.7. The number of benzene rings is 2. The highest BCUT2D eigenvalue weighted by Crippen LogP contribution is 2.41. The standard InChI is InChI=1S/C27H35N3O6S.ClH/c1-6-32-22-14-18(15-23(33-7-2)25(22)34-8-3)26(31)30(11-9-10-29(4)5)27-28-19-16-20-21(17-24(19)37-27)36-13-12-35-20;/h14-17H,6-13H2,1-5H3;1H. The summed E-state index contributed by atoms with van der Waals surface area (Å²) in [4.78, 5) is 22.7. The summed E-state index contributed by atoms with van der Waals surface area (Å²) in [6, 6.07) is 7.27. The van der Waals surface area contributed by atoms with Gasteiger partial charge >= 0.3 is 0 Å². The van der Waals surface area contributed by atoms with Crippen LogP contribution in [0.1, 0.15) is 37.6 Å². The zero-order valence-corrected chi connectivity index (χ0v) is 24.2. The first kappa shape index (κ1) is 29.6. The van der Waals surface area contributed by atoms with E-state index in [4.69, 9.17) is 28.7 Å². The van der Waals surface area contributed by atoms with Gasteiger partial charge in [-0.2, -0.15) is 0 Å². The lowest BCUT2D eigenvalue weighted by Crippen LogP contribution is -2.33. The number of aromatic nitrogens is 1. The maximum absolute atomic E-state index is 14.0. The van der Waals surface area contributed by atoms with Crippen molar-refractivity contribution >= 4 is 45.0 Å². The molecule has 9 nitrogen and oxygen atoms in total. The largest absolute Gasteiger partial charge is 0.490 e. The number of anilines is 1. The molecule has 0 unspecified atom stereocenters. The quantitative estimate of drug-likeness (QED) is 0.293. The molecule has 0 spiro atoms. The number of fused-ring (bicyclic) bond motifs is 2. The minimum Gasteiger partial charge on any atom is -0.490 e. The molecule has 4 rings (SSSR count). The lowest BCUT2D eigenvalue weighted by atomic mass is 10.1. The van der Waals surface area contributed by atoms with Gasteiger partial charge in [-0.05, 0) is 60.0 Å². The summed E-state index contributed by atoms with van der Waals surface area (Å²) in [6.45, 7) is 9.37. The third-order valence-corrected chi connectivity index (χ3v) is 6.70. The minimum atomic E-state index is -0.181. The van der Waals surface area contributed by atoms with Gasteiger partial charge in [0.2, 0.25) is 5.75 Å². The molecule has 1 aliphatic heterocycles. The minimum absolute atomic E-state index is 0. The first-order chi connectivity index (χ1) is 17.9. The second-order valence-corrected chi connectivity index (χ2v) is 9.68. The monoisotopic (exact) mass is 565 g/mol. The molecule has 0 fully saturated rings. The van der Waals surface area contributed by atoms with E-state index in [0.717, 1.165) is 23.2 Å². The predicted octanol–water partition coefficient (Wildman–Crippen LogP) is 5.28. The van der Waals surface area contributed by atoms with Crippen LogP contribution in [0.4, 0.5) is 5.13 Å². The van der Waals surface area contributed by atoms with Gasteiger partial charge in [0, 0.05) is 24.2 Å². The van der Waals surface area contributed by atoms with Crippen LogP contribution in [0.25, 0.3) is 10.2 Å². The zero-order valence-electron chi connectivity index (χ0n) is 22.6. The van der Waals surface area contributed by atoms with Crippen molar-refractivity contribution in [3.05, 3.63) is 29.8 Å². The van der Waals surface area contributed by atoms with Crippen LogP contribution in [0.5, 0.6) is 28.7 Å². The zero-order chi connectivity index (χ0) is 26.4. The summed E-state index contributed by atoms with van der Waals surface area (Å²) in [7, 11) is 4.03. The van der Waals surface area contributed by atoms with Crippen molar-refractivity contribution in [2.45, 2.75) is 27.2 Å². The Balaban J connectivity index is 0.00000400. The fourth-order valence-electron chi connectivity index (χ4n) is 4.07. The van der Waals surface area contributed by atoms with Crippen LogP contribution in [0, 0.1) is 0 Å². The summed E-state index contributed by atoms with van der Waals surface area (Å²) in [5, 5.41) is 0.617. The molecule has 0 saturated carbocycles. The molecule has 1 amide bonds. The second-order valence-electron chi connectivity index (χ2n) is 8.67. The number of carbonyl (C=O) groups excluding carboxylic acids is 1. The van der Waals surface area contributed by atoms with Crippen LogP contribution >= 0.6 is 23.7 Å². The number of amides is 1. The third kappa shape index (κ3) is 6.73. The summed E-state index contributed by atoms with van der Waals surface area (Å²) < 4.78 is 29.9. The highest BCUT2D eigenvalue weighted by atomic mass is 35.5. The average molecular weight is 566 g/mol. The van der Waals surface area contributed by atoms with Crippen molar-refractivity contribution in [3.63, 3.8) is 0 Å². The Hall–Kier alpha value is -2.95. The Morgan fingerprint density at radius 2 is 1.53 bits per heavy atom. The highest BCUT2D eigenvalue weighted by molar-refractivity contribution is 7.22. The number of ether oxygens (including phenoxy) is 5. The van der Waals surface area contributed by atoms with Crippen LogP contribution in [-0.4, -0.2) is 76.0 Å². The normalized spacial score (nSPS) is 12.3. The smallest absolute Gasteiger partial charge is 0.260 e. The fourth-order valence-corrected chi connectivity index (χ4v) is 5.07. The Bertz CT molecular complexity index is 1160. The maximum Gasteiger partial charge on any atom is 0.260 e. The van der Waals surface area contributed by atoms with Crippen LogP contribution in [0.2, 0.25) is 0 Å². The van der Waals surface area contributed by atoms with Gasteiger partial charge in [-0.25, -0.2) is 4.98 Å². The van der Waals surface area contributed by atoms with E-state index in [-0.39, 0.29) is 18.3 Å². The van der Waals surface area contributed by atoms with E-state index < -0.39 is 0 Å². The summed E-state index contributed by atoms with van der Waals surface area (Å²) in [5.41, 5.74) is 1.22. The number of hydrogen-bond donors (Lipinski definition) is 0. The van der Waals surface area contributed by atoms with Crippen molar-refractivity contribution in [1.82, 2.24) is 9.88 Å². The predicted molar refractivity (Wildman–Crippen MR) is 153 cm³/mol. The van der Waals surface area contributed by atoms with Gasteiger partial charge in [0.15, 0.2) is 28.1 Å². The Morgan fingerprint density at radius 1 is 0.921 bits per heavy atom. The average Bonchev–Trinajstić information content (AvgIpc) is 3.29. The van der Waals surface area contributed by atoms with E-state index in [9.17, 15) is 4.79 Å². The van der Waals surface area contributed by atoms with E-state index >= 15 is 0 Å². The number of carbonyl (C=O) groups is 1.